The van der Waals surface area contributed by atoms with Crippen LogP contribution in [-0.4, -0.2) is 18.5 Å². The molecule has 0 amide bonds. The summed E-state index contributed by atoms with van der Waals surface area (Å²) < 4.78 is 10.2. The van der Waals surface area contributed by atoms with Crippen LogP contribution in [0.1, 0.15) is 31.7 Å². The van der Waals surface area contributed by atoms with Crippen molar-refractivity contribution in [2.45, 2.75) is 32.8 Å². The van der Waals surface area contributed by atoms with Gasteiger partial charge in [-0.25, -0.2) is 4.79 Å². The minimum absolute atomic E-state index is 0.144. The zero-order chi connectivity index (χ0) is 15.1. The molecule has 0 radical (unpaired) electrons. The van der Waals surface area contributed by atoms with Crippen molar-refractivity contribution in [3.05, 3.63) is 47.5 Å². The van der Waals surface area contributed by atoms with E-state index >= 15 is 0 Å². The Hall–Kier alpha value is -2.10. The van der Waals surface area contributed by atoms with E-state index < -0.39 is 0 Å². The van der Waals surface area contributed by atoms with Crippen molar-refractivity contribution in [3.8, 4) is 0 Å². The van der Waals surface area contributed by atoms with Crippen molar-refractivity contribution in [1.82, 2.24) is 0 Å². The first-order valence-corrected chi connectivity index (χ1v) is 7.25. The van der Waals surface area contributed by atoms with Crippen molar-refractivity contribution in [3.63, 3.8) is 0 Å². The Kier molecular flexibility index (Phi) is 5.55. The van der Waals surface area contributed by atoms with Gasteiger partial charge in [-0.1, -0.05) is 35.9 Å². The van der Waals surface area contributed by atoms with Crippen LogP contribution in [0.3, 0.4) is 0 Å². The van der Waals surface area contributed by atoms with Crippen LogP contribution in [0.2, 0.25) is 0 Å². The second-order valence-electron chi connectivity index (χ2n) is 5.09. The van der Waals surface area contributed by atoms with Gasteiger partial charge in [-0.15, -0.1) is 0 Å². The predicted molar refractivity (Wildman–Crippen MR) is 78.3 cm³/mol. The van der Waals surface area contributed by atoms with Gasteiger partial charge >= 0.3 is 11.9 Å². The normalized spacial score (nSPS) is 19.5. The molecule has 1 fully saturated rings. The Morgan fingerprint density at radius 2 is 2.00 bits per heavy atom. The molecular weight excluding hydrogens is 268 g/mol. The minimum atomic E-state index is -0.328. The molecule has 1 saturated carbocycles. The summed E-state index contributed by atoms with van der Waals surface area (Å²) in [5.74, 6) is -0.661. The third kappa shape index (κ3) is 4.74. The number of esters is 2. The maximum atomic E-state index is 12.0. The number of rotatable bonds is 5. The van der Waals surface area contributed by atoms with Crippen LogP contribution in [0.25, 0.3) is 0 Å². The summed E-state index contributed by atoms with van der Waals surface area (Å²) in [5, 5.41) is 0. The number of allylic oxidation sites excluding steroid dienone is 1. The molecule has 4 nitrogen and oxygen atoms in total. The minimum Gasteiger partial charge on any atom is -0.463 e. The highest BCUT2D eigenvalue weighted by Crippen LogP contribution is 2.31. The molecule has 21 heavy (non-hydrogen) atoms. The van der Waals surface area contributed by atoms with Crippen molar-refractivity contribution in [1.29, 1.82) is 0 Å². The Labute approximate surface area is 124 Å². The molecule has 4 heteroatoms. The summed E-state index contributed by atoms with van der Waals surface area (Å²) in [5.41, 5.74) is 1.95. The maximum Gasteiger partial charge on any atom is 0.330 e. The molecule has 112 valence electrons. The Bertz CT molecular complexity index is 519. The fourth-order valence-electron chi connectivity index (χ4n) is 2.41. The second-order valence-corrected chi connectivity index (χ2v) is 5.09. The molecule has 0 bridgehead atoms. The van der Waals surface area contributed by atoms with Crippen molar-refractivity contribution >= 4 is 11.9 Å². The summed E-state index contributed by atoms with van der Waals surface area (Å²) >= 11 is 0. The molecule has 0 heterocycles. The number of carbonyl (C=O) groups is 2. The molecule has 1 aliphatic carbocycles. The van der Waals surface area contributed by atoms with Crippen LogP contribution in [0.15, 0.2) is 42.0 Å². The molecule has 0 aliphatic heterocycles. The number of benzene rings is 1. The molecule has 1 aliphatic rings. The van der Waals surface area contributed by atoms with Crippen LogP contribution in [0.4, 0.5) is 0 Å². The standard InChI is InChI=1S/C17H20O4/c1-2-20-16(18)11-14-8-9-15(10-14)17(19)21-12-13-6-4-3-5-7-13/h3-7,11,15H,2,8-10,12H2,1H3/b14-11+. The molecule has 1 aromatic rings. The lowest BCUT2D eigenvalue weighted by atomic mass is 10.1. The summed E-state index contributed by atoms with van der Waals surface area (Å²) in [7, 11) is 0. The van der Waals surface area contributed by atoms with Gasteiger partial charge in [0.25, 0.3) is 0 Å². The molecule has 0 aromatic heterocycles. The molecule has 1 aromatic carbocycles. The van der Waals surface area contributed by atoms with Crippen molar-refractivity contribution in [2.75, 3.05) is 6.61 Å². The molecule has 0 spiro atoms. The van der Waals surface area contributed by atoms with Gasteiger partial charge < -0.3 is 9.47 Å². The van der Waals surface area contributed by atoms with E-state index in [0.29, 0.717) is 19.6 Å². The summed E-state index contributed by atoms with van der Waals surface area (Å²) in [6, 6.07) is 9.61. The van der Waals surface area contributed by atoms with Gasteiger partial charge in [-0.3, -0.25) is 4.79 Å². The number of carbonyl (C=O) groups excluding carboxylic acids is 2. The maximum absolute atomic E-state index is 12.0. The molecule has 2 rings (SSSR count). The van der Waals surface area contributed by atoms with Crippen LogP contribution < -0.4 is 0 Å². The van der Waals surface area contributed by atoms with Crippen LogP contribution in [-0.2, 0) is 25.7 Å². The van der Waals surface area contributed by atoms with Crippen LogP contribution in [0.5, 0.6) is 0 Å². The van der Waals surface area contributed by atoms with Gasteiger partial charge in [0.05, 0.1) is 12.5 Å². The van der Waals surface area contributed by atoms with Gasteiger partial charge in [0.15, 0.2) is 0 Å². The Morgan fingerprint density at radius 1 is 1.24 bits per heavy atom. The zero-order valence-corrected chi connectivity index (χ0v) is 12.2. The SMILES string of the molecule is CCOC(=O)/C=C1\CCC(C(=O)OCc2ccccc2)C1. The first-order chi connectivity index (χ1) is 10.2. The predicted octanol–water partition coefficient (Wildman–Crippen LogP) is 3.02. The number of hydrogen-bond acceptors (Lipinski definition) is 4. The molecule has 0 N–H and O–H groups in total. The Morgan fingerprint density at radius 3 is 2.71 bits per heavy atom. The van der Waals surface area contributed by atoms with Gasteiger partial charge in [-0.2, -0.15) is 0 Å². The summed E-state index contributed by atoms with van der Waals surface area (Å²) in [4.78, 5) is 23.4. The van der Waals surface area contributed by atoms with Gasteiger partial charge in [0.2, 0.25) is 0 Å². The topological polar surface area (TPSA) is 52.6 Å². The lowest BCUT2D eigenvalue weighted by Gasteiger charge is -2.09. The van der Waals surface area contributed by atoms with E-state index in [1.54, 1.807) is 6.92 Å². The number of hydrogen-bond donors (Lipinski definition) is 0. The largest absolute Gasteiger partial charge is 0.463 e. The van der Waals surface area contributed by atoms with E-state index in [1.807, 2.05) is 30.3 Å². The third-order valence-electron chi connectivity index (χ3n) is 3.49. The van der Waals surface area contributed by atoms with E-state index in [0.717, 1.165) is 24.0 Å². The second kappa shape index (κ2) is 7.62. The molecule has 1 atom stereocenters. The van der Waals surface area contributed by atoms with Crippen molar-refractivity contribution < 1.29 is 19.1 Å². The molecular formula is C17H20O4. The van der Waals surface area contributed by atoms with Crippen LogP contribution >= 0.6 is 0 Å². The highest BCUT2D eigenvalue weighted by atomic mass is 16.5. The highest BCUT2D eigenvalue weighted by molar-refractivity contribution is 5.83. The third-order valence-corrected chi connectivity index (χ3v) is 3.49. The van der Waals surface area contributed by atoms with Crippen LogP contribution in [0, 0.1) is 5.92 Å². The van der Waals surface area contributed by atoms with Crippen molar-refractivity contribution in [2.24, 2.45) is 5.92 Å². The van der Waals surface area contributed by atoms with E-state index in [9.17, 15) is 9.59 Å². The van der Waals surface area contributed by atoms with Gasteiger partial charge in [0, 0.05) is 6.08 Å². The van der Waals surface area contributed by atoms with Gasteiger partial charge in [0.1, 0.15) is 6.61 Å². The fraction of sp³-hybridized carbons (Fsp3) is 0.412. The van der Waals surface area contributed by atoms with E-state index in [1.165, 1.54) is 6.08 Å². The Balaban J connectivity index is 1.81. The first kappa shape index (κ1) is 15.3. The number of ether oxygens (including phenoxy) is 2. The fourth-order valence-corrected chi connectivity index (χ4v) is 2.41. The van der Waals surface area contributed by atoms with E-state index in [-0.39, 0.29) is 17.9 Å². The van der Waals surface area contributed by atoms with E-state index in [4.69, 9.17) is 9.47 Å². The lowest BCUT2D eigenvalue weighted by Crippen LogP contribution is -2.14. The summed E-state index contributed by atoms with van der Waals surface area (Å²) in [6.07, 6.45) is 3.59. The average Bonchev–Trinajstić information content (AvgIpc) is 2.94. The summed E-state index contributed by atoms with van der Waals surface area (Å²) in [6.45, 7) is 2.44. The lowest BCUT2D eigenvalue weighted by molar-refractivity contribution is -0.149. The quantitative estimate of drug-likeness (QED) is 0.617. The molecule has 1 unspecified atom stereocenters. The first-order valence-electron chi connectivity index (χ1n) is 7.25. The zero-order valence-electron chi connectivity index (χ0n) is 12.2. The average molecular weight is 288 g/mol. The van der Waals surface area contributed by atoms with E-state index in [2.05, 4.69) is 0 Å². The van der Waals surface area contributed by atoms with Gasteiger partial charge in [-0.05, 0) is 31.7 Å². The highest BCUT2D eigenvalue weighted by Gasteiger charge is 2.27. The molecule has 0 saturated heterocycles. The smallest absolute Gasteiger partial charge is 0.330 e. The monoisotopic (exact) mass is 288 g/mol.